The zero-order valence-corrected chi connectivity index (χ0v) is 16.9. The van der Waals surface area contributed by atoms with Crippen molar-refractivity contribution in [3.05, 3.63) is 36.8 Å². The Labute approximate surface area is 170 Å². The third-order valence-electron chi connectivity index (χ3n) is 6.01. The molecule has 1 aromatic carbocycles. The van der Waals surface area contributed by atoms with Crippen LogP contribution in [0.1, 0.15) is 38.5 Å². The average Bonchev–Trinajstić information content (AvgIpc) is 3.38. The van der Waals surface area contributed by atoms with Gasteiger partial charge >= 0.3 is 0 Å². The first kappa shape index (κ1) is 19.4. The van der Waals surface area contributed by atoms with Crippen molar-refractivity contribution in [1.29, 1.82) is 0 Å². The van der Waals surface area contributed by atoms with Crippen LogP contribution in [0.3, 0.4) is 0 Å². The first-order chi connectivity index (χ1) is 14.2. The van der Waals surface area contributed by atoms with E-state index >= 15 is 0 Å². The van der Waals surface area contributed by atoms with E-state index in [0.29, 0.717) is 19.5 Å². The lowest BCUT2D eigenvalue weighted by atomic mass is 9.71. The summed E-state index contributed by atoms with van der Waals surface area (Å²) in [5, 5.41) is 15.7. The molecule has 1 N–H and O–H groups in total. The number of tetrazole rings is 1. The second-order valence-corrected chi connectivity index (χ2v) is 8.00. The van der Waals surface area contributed by atoms with Gasteiger partial charge in [0.1, 0.15) is 12.1 Å². The summed E-state index contributed by atoms with van der Waals surface area (Å²) in [5.41, 5.74) is 1.06. The van der Waals surface area contributed by atoms with Crippen LogP contribution in [-0.2, 0) is 17.9 Å². The molecule has 0 saturated heterocycles. The number of nitrogens with one attached hydrogen (secondary N) is 1. The van der Waals surface area contributed by atoms with Gasteiger partial charge in [-0.3, -0.25) is 4.79 Å². The topological polar surface area (TPSA) is 86.9 Å². The zero-order valence-electron chi connectivity index (χ0n) is 16.9. The fraction of sp³-hybridized carbons (Fsp3) is 0.524. The highest BCUT2D eigenvalue weighted by Gasteiger charge is 2.35. The van der Waals surface area contributed by atoms with Crippen molar-refractivity contribution in [1.82, 2.24) is 30.1 Å². The van der Waals surface area contributed by atoms with Gasteiger partial charge in [0.2, 0.25) is 5.91 Å². The number of benzene rings is 1. The molecule has 29 heavy (non-hydrogen) atoms. The van der Waals surface area contributed by atoms with Gasteiger partial charge < -0.3 is 14.6 Å². The molecular weight excluding hydrogens is 368 g/mol. The van der Waals surface area contributed by atoms with Crippen LogP contribution in [0.5, 0.6) is 5.75 Å². The number of rotatable bonds is 8. The fourth-order valence-electron chi connectivity index (χ4n) is 4.58. The Kier molecular flexibility index (Phi) is 5.78. The van der Waals surface area contributed by atoms with Gasteiger partial charge in [-0.1, -0.05) is 25.3 Å². The molecule has 1 aliphatic carbocycles. The van der Waals surface area contributed by atoms with E-state index in [1.807, 2.05) is 18.3 Å². The van der Waals surface area contributed by atoms with Crippen LogP contribution < -0.4 is 10.1 Å². The van der Waals surface area contributed by atoms with Crippen molar-refractivity contribution in [2.45, 2.75) is 51.6 Å². The summed E-state index contributed by atoms with van der Waals surface area (Å²) in [7, 11) is 1.68. The van der Waals surface area contributed by atoms with Gasteiger partial charge in [-0.15, -0.1) is 5.10 Å². The molecule has 1 fully saturated rings. The van der Waals surface area contributed by atoms with Gasteiger partial charge in [0.25, 0.3) is 0 Å². The number of nitrogens with zero attached hydrogens (tertiary/aromatic N) is 5. The number of methoxy groups -OCH3 is 1. The maximum absolute atomic E-state index is 12.7. The smallest absolute Gasteiger partial charge is 0.220 e. The van der Waals surface area contributed by atoms with E-state index < -0.39 is 0 Å². The summed E-state index contributed by atoms with van der Waals surface area (Å²) in [6, 6.07) is 8.08. The lowest BCUT2D eigenvalue weighted by Gasteiger charge is -2.36. The molecule has 0 radical (unpaired) electrons. The highest BCUT2D eigenvalue weighted by molar-refractivity contribution is 5.86. The van der Waals surface area contributed by atoms with E-state index in [1.54, 1.807) is 18.1 Å². The van der Waals surface area contributed by atoms with Crippen molar-refractivity contribution in [3.8, 4) is 5.75 Å². The summed E-state index contributed by atoms with van der Waals surface area (Å²) < 4.78 is 9.33. The molecule has 8 heteroatoms. The van der Waals surface area contributed by atoms with Gasteiger partial charge in [0, 0.05) is 31.1 Å². The zero-order chi connectivity index (χ0) is 20.1. The Bertz CT molecular complexity index is 943. The third kappa shape index (κ3) is 4.41. The van der Waals surface area contributed by atoms with Crippen LogP contribution in [0.25, 0.3) is 10.9 Å². The largest absolute Gasteiger partial charge is 0.496 e. The number of aromatic nitrogens is 5. The number of carbonyl (C=O) groups is 1. The molecule has 8 nitrogen and oxygen atoms in total. The van der Waals surface area contributed by atoms with Crippen molar-refractivity contribution in [3.63, 3.8) is 0 Å². The van der Waals surface area contributed by atoms with Crippen molar-refractivity contribution >= 4 is 16.8 Å². The Morgan fingerprint density at radius 3 is 2.86 bits per heavy atom. The number of carbonyl (C=O) groups excluding carboxylic acids is 1. The first-order valence-electron chi connectivity index (χ1n) is 10.3. The Morgan fingerprint density at radius 2 is 2.10 bits per heavy atom. The number of hydrogen-bond donors (Lipinski definition) is 1. The predicted octanol–water partition coefficient (Wildman–Crippen LogP) is 2.79. The molecule has 154 valence electrons. The van der Waals surface area contributed by atoms with E-state index in [2.05, 4.69) is 37.5 Å². The van der Waals surface area contributed by atoms with E-state index in [4.69, 9.17) is 4.74 Å². The molecule has 3 aromatic rings. The van der Waals surface area contributed by atoms with Crippen molar-refractivity contribution in [2.75, 3.05) is 13.7 Å². The molecule has 0 unspecified atom stereocenters. The predicted molar refractivity (Wildman–Crippen MR) is 109 cm³/mol. The van der Waals surface area contributed by atoms with Gasteiger partial charge in [-0.25, -0.2) is 4.68 Å². The molecule has 0 aliphatic heterocycles. The number of fused-ring (bicyclic) bond motifs is 1. The normalized spacial score (nSPS) is 16.0. The second-order valence-electron chi connectivity index (χ2n) is 8.00. The van der Waals surface area contributed by atoms with Crippen LogP contribution in [-0.4, -0.2) is 44.3 Å². The lowest BCUT2D eigenvalue weighted by molar-refractivity contribution is -0.124. The van der Waals surface area contributed by atoms with Gasteiger partial charge in [-0.05, 0) is 46.9 Å². The lowest BCUT2D eigenvalue weighted by Crippen LogP contribution is -2.37. The minimum Gasteiger partial charge on any atom is -0.496 e. The molecule has 1 aliphatic rings. The minimum absolute atomic E-state index is 0.0504. The average molecular weight is 396 g/mol. The summed E-state index contributed by atoms with van der Waals surface area (Å²) in [6.07, 6.45) is 9.85. The quantitative estimate of drug-likeness (QED) is 0.633. The molecule has 0 atom stereocenters. The Morgan fingerprint density at radius 1 is 1.24 bits per heavy atom. The number of ether oxygens (including phenoxy) is 1. The van der Waals surface area contributed by atoms with Gasteiger partial charge in [0.05, 0.1) is 19.2 Å². The van der Waals surface area contributed by atoms with Gasteiger partial charge in [0.15, 0.2) is 0 Å². The standard InChI is InChI=1S/C21H28N6O2/c1-29-19-7-5-6-18-17(19)8-12-26(18)13-11-22-20(28)14-21(9-3-2-4-10-21)15-27-16-23-24-25-27/h5-8,12,16H,2-4,9-11,13-15H2,1H3,(H,22,28). The minimum atomic E-state index is -0.0504. The second kappa shape index (κ2) is 8.63. The summed E-state index contributed by atoms with van der Waals surface area (Å²) in [4.78, 5) is 12.7. The van der Waals surface area contributed by atoms with Crippen molar-refractivity contribution < 1.29 is 9.53 Å². The third-order valence-corrected chi connectivity index (χ3v) is 6.01. The van der Waals surface area contributed by atoms with E-state index in [0.717, 1.165) is 48.9 Å². The molecule has 2 aromatic heterocycles. The van der Waals surface area contributed by atoms with Crippen LogP contribution in [0.15, 0.2) is 36.8 Å². The fourth-order valence-corrected chi connectivity index (χ4v) is 4.58. The molecule has 1 amide bonds. The Balaban J connectivity index is 1.35. The van der Waals surface area contributed by atoms with Crippen LogP contribution in [0, 0.1) is 5.41 Å². The Hall–Kier alpha value is -2.90. The highest BCUT2D eigenvalue weighted by Crippen LogP contribution is 2.40. The maximum atomic E-state index is 12.7. The van der Waals surface area contributed by atoms with E-state index in [-0.39, 0.29) is 11.3 Å². The maximum Gasteiger partial charge on any atom is 0.220 e. The molecule has 1 saturated carbocycles. The number of amides is 1. The highest BCUT2D eigenvalue weighted by atomic mass is 16.5. The van der Waals surface area contributed by atoms with E-state index in [9.17, 15) is 4.79 Å². The molecule has 2 heterocycles. The SMILES string of the molecule is COc1cccc2c1ccn2CCNC(=O)CC1(Cn2cnnn2)CCCCC1. The molecule has 4 rings (SSSR count). The van der Waals surface area contributed by atoms with Gasteiger partial charge in [-0.2, -0.15) is 0 Å². The summed E-state index contributed by atoms with van der Waals surface area (Å²) in [6.45, 7) is 2.03. The van der Waals surface area contributed by atoms with Crippen molar-refractivity contribution in [2.24, 2.45) is 5.41 Å². The first-order valence-corrected chi connectivity index (χ1v) is 10.3. The summed E-state index contributed by atoms with van der Waals surface area (Å²) >= 11 is 0. The van der Waals surface area contributed by atoms with E-state index in [1.165, 1.54) is 6.42 Å². The number of hydrogen-bond acceptors (Lipinski definition) is 5. The van der Waals surface area contributed by atoms with Crippen LogP contribution in [0.4, 0.5) is 0 Å². The monoisotopic (exact) mass is 396 g/mol. The van der Waals surface area contributed by atoms with Crippen LogP contribution >= 0.6 is 0 Å². The summed E-state index contributed by atoms with van der Waals surface area (Å²) in [5.74, 6) is 0.973. The van der Waals surface area contributed by atoms with Crippen LogP contribution in [0.2, 0.25) is 0 Å². The molecule has 0 spiro atoms. The molecule has 0 bridgehead atoms. The molecular formula is C21H28N6O2.